The van der Waals surface area contributed by atoms with Gasteiger partial charge >= 0.3 is 0 Å². The maximum absolute atomic E-state index is 12.2. The second kappa shape index (κ2) is 6.07. The molecule has 1 aromatic carbocycles. The molecule has 17 heavy (non-hydrogen) atoms. The van der Waals surface area contributed by atoms with Crippen molar-refractivity contribution in [2.75, 3.05) is 25.1 Å². The van der Waals surface area contributed by atoms with Crippen LogP contribution >= 0.6 is 11.8 Å². The van der Waals surface area contributed by atoms with Crippen LogP contribution in [0.1, 0.15) is 5.56 Å². The van der Waals surface area contributed by atoms with Crippen LogP contribution in [0.4, 0.5) is 0 Å². The number of amides is 1. The third kappa shape index (κ3) is 3.48. The van der Waals surface area contributed by atoms with E-state index in [0.29, 0.717) is 6.54 Å². The minimum absolute atomic E-state index is 0.0116. The van der Waals surface area contributed by atoms with Crippen LogP contribution in [-0.4, -0.2) is 41.9 Å². The first-order valence-corrected chi connectivity index (χ1v) is 7.03. The largest absolute Gasteiger partial charge is 0.340 e. The minimum Gasteiger partial charge on any atom is -0.340 e. The van der Waals surface area contributed by atoms with E-state index in [1.807, 2.05) is 49.1 Å². The fraction of sp³-hybridized carbons (Fsp3) is 0.462. The van der Waals surface area contributed by atoms with Crippen LogP contribution in [0.3, 0.4) is 0 Å². The van der Waals surface area contributed by atoms with E-state index in [-0.39, 0.29) is 11.9 Å². The highest BCUT2D eigenvalue weighted by molar-refractivity contribution is 7.99. The molecule has 1 heterocycles. The Labute approximate surface area is 107 Å². The van der Waals surface area contributed by atoms with Gasteiger partial charge in [0, 0.05) is 31.6 Å². The molecule has 3 nitrogen and oxygen atoms in total. The van der Waals surface area contributed by atoms with Gasteiger partial charge in [0.2, 0.25) is 5.91 Å². The lowest BCUT2D eigenvalue weighted by atomic mass is 10.2. The van der Waals surface area contributed by atoms with E-state index >= 15 is 0 Å². The molecule has 4 heteroatoms. The molecule has 1 saturated heterocycles. The molecule has 1 amide bonds. The summed E-state index contributed by atoms with van der Waals surface area (Å²) in [6, 6.07) is 10.1. The predicted molar refractivity (Wildman–Crippen MR) is 72.0 cm³/mol. The van der Waals surface area contributed by atoms with Crippen LogP contribution in [0, 0.1) is 0 Å². The zero-order valence-corrected chi connectivity index (χ0v) is 10.9. The first-order chi connectivity index (χ1) is 8.27. The van der Waals surface area contributed by atoms with Crippen LogP contribution in [0.2, 0.25) is 0 Å². The number of thioether (sulfide) groups is 1. The number of benzene rings is 1. The van der Waals surface area contributed by atoms with E-state index in [1.165, 1.54) is 5.56 Å². The third-order valence-electron chi connectivity index (χ3n) is 2.86. The summed E-state index contributed by atoms with van der Waals surface area (Å²) in [5.74, 6) is 2.19. The van der Waals surface area contributed by atoms with E-state index in [0.717, 1.165) is 18.1 Å². The normalized spacial score (nSPS) is 19.9. The van der Waals surface area contributed by atoms with Crippen molar-refractivity contribution >= 4 is 17.7 Å². The molecule has 1 atom stereocenters. The van der Waals surface area contributed by atoms with Gasteiger partial charge in [0.25, 0.3) is 0 Å². The average molecular weight is 250 g/mol. The summed E-state index contributed by atoms with van der Waals surface area (Å²) >= 11 is 1.85. The zero-order chi connectivity index (χ0) is 12.1. The highest BCUT2D eigenvalue weighted by Crippen LogP contribution is 2.11. The molecule has 1 unspecified atom stereocenters. The van der Waals surface area contributed by atoms with Crippen molar-refractivity contribution in [2.24, 2.45) is 0 Å². The Morgan fingerprint density at radius 3 is 2.88 bits per heavy atom. The first-order valence-electron chi connectivity index (χ1n) is 5.87. The Morgan fingerprint density at radius 2 is 2.24 bits per heavy atom. The molecule has 1 aliphatic heterocycles. The molecule has 2 rings (SSSR count). The van der Waals surface area contributed by atoms with Gasteiger partial charge in [-0.2, -0.15) is 11.8 Å². The topological polar surface area (TPSA) is 32.3 Å². The summed E-state index contributed by atoms with van der Waals surface area (Å²) in [6.07, 6.45) is 0. The summed E-state index contributed by atoms with van der Waals surface area (Å²) in [5.41, 5.74) is 1.17. The number of carbonyl (C=O) groups excluding carboxylic acids is 1. The Bertz CT molecular complexity index is 363. The highest BCUT2D eigenvalue weighted by Gasteiger charge is 2.23. The van der Waals surface area contributed by atoms with Crippen molar-refractivity contribution in [2.45, 2.75) is 12.6 Å². The molecule has 1 aliphatic rings. The number of hydrogen-bond donors (Lipinski definition) is 1. The van der Waals surface area contributed by atoms with Crippen LogP contribution in [0.5, 0.6) is 0 Å². The van der Waals surface area contributed by atoms with Gasteiger partial charge in [-0.25, -0.2) is 0 Å². The zero-order valence-electron chi connectivity index (χ0n) is 10.1. The maximum atomic E-state index is 12.2. The number of rotatable bonds is 3. The minimum atomic E-state index is -0.0116. The SMILES string of the molecule is CN(Cc1ccccc1)C(=O)C1CSCCN1. The van der Waals surface area contributed by atoms with Gasteiger partial charge in [-0.15, -0.1) is 0 Å². The summed E-state index contributed by atoms with van der Waals surface area (Å²) in [4.78, 5) is 14.0. The van der Waals surface area contributed by atoms with Crippen molar-refractivity contribution in [3.63, 3.8) is 0 Å². The molecular formula is C13H18N2OS. The van der Waals surface area contributed by atoms with Crippen LogP contribution in [0.25, 0.3) is 0 Å². The Hall–Kier alpha value is -1.00. The molecule has 0 spiro atoms. The van der Waals surface area contributed by atoms with Gasteiger partial charge in [0.1, 0.15) is 0 Å². The fourth-order valence-electron chi connectivity index (χ4n) is 1.93. The Balaban J connectivity index is 1.90. The molecule has 0 bridgehead atoms. The Kier molecular flexibility index (Phi) is 4.45. The predicted octanol–water partition coefficient (Wildman–Crippen LogP) is 1.35. The van der Waals surface area contributed by atoms with Crippen molar-refractivity contribution in [1.82, 2.24) is 10.2 Å². The summed E-state index contributed by atoms with van der Waals surface area (Å²) < 4.78 is 0. The molecular weight excluding hydrogens is 232 g/mol. The molecule has 0 radical (unpaired) electrons. The average Bonchev–Trinajstić information content (AvgIpc) is 2.40. The second-order valence-corrected chi connectivity index (χ2v) is 5.41. The molecule has 0 aliphatic carbocycles. The third-order valence-corrected chi connectivity index (χ3v) is 3.92. The number of hydrogen-bond acceptors (Lipinski definition) is 3. The summed E-state index contributed by atoms with van der Waals surface area (Å²) in [7, 11) is 1.87. The lowest BCUT2D eigenvalue weighted by Crippen LogP contribution is -2.49. The molecule has 1 aromatic rings. The van der Waals surface area contributed by atoms with Crippen LogP contribution in [-0.2, 0) is 11.3 Å². The lowest BCUT2D eigenvalue weighted by molar-refractivity contribution is -0.132. The number of carbonyl (C=O) groups is 1. The van der Waals surface area contributed by atoms with Crippen molar-refractivity contribution in [3.8, 4) is 0 Å². The van der Waals surface area contributed by atoms with E-state index < -0.39 is 0 Å². The lowest BCUT2D eigenvalue weighted by Gasteiger charge is -2.27. The molecule has 92 valence electrons. The quantitative estimate of drug-likeness (QED) is 0.879. The van der Waals surface area contributed by atoms with Gasteiger partial charge < -0.3 is 10.2 Å². The number of nitrogens with one attached hydrogen (secondary N) is 1. The molecule has 1 N–H and O–H groups in total. The fourth-order valence-corrected chi connectivity index (χ4v) is 2.85. The summed E-state index contributed by atoms with van der Waals surface area (Å²) in [5, 5.41) is 3.27. The molecule has 0 aromatic heterocycles. The van der Waals surface area contributed by atoms with E-state index in [4.69, 9.17) is 0 Å². The maximum Gasteiger partial charge on any atom is 0.240 e. The van der Waals surface area contributed by atoms with Gasteiger partial charge in [0.05, 0.1) is 6.04 Å². The Morgan fingerprint density at radius 1 is 1.47 bits per heavy atom. The standard InChI is InChI=1S/C13H18N2OS/c1-15(9-11-5-3-2-4-6-11)13(16)12-10-17-8-7-14-12/h2-6,12,14H,7-10H2,1H3. The number of nitrogens with zero attached hydrogens (tertiary/aromatic N) is 1. The van der Waals surface area contributed by atoms with Crippen LogP contribution in [0.15, 0.2) is 30.3 Å². The smallest absolute Gasteiger partial charge is 0.240 e. The van der Waals surface area contributed by atoms with Gasteiger partial charge in [-0.1, -0.05) is 30.3 Å². The first kappa shape index (κ1) is 12.5. The molecule has 0 saturated carbocycles. The number of likely N-dealkylation sites (N-methyl/N-ethyl adjacent to an activating group) is 1. The molecule has 1 fully saturated rings. The van der Waals surface area contributed by atoms with Crippen molar-refractivity contribution in [1.29, 1.82) is 0 Å². The van der Waals surface area contributed by atoms with Gasteiger partial charge in [0.15, 0.2) is 0 Å². The van der Waals surface area contributed by atoms with Crippen LogP contribution < -0.4 is 5.32 Å². The van der Waals surface area contributed by atoms with Crippen molar-refractivity contribution in [3.05, 3.63) is 35.9 Å². The van der Waals surface area contributed by atoms with Crippen molar-refractivity contribution < 1.29 is 4.79 Å². The van der Waals surface area contributed by atoms with Gasteiger partial charge in [-0.05, 0) is 5.56 Å². The van der Waals surface area contributed by atoms with E-state index in [1.54, 1.807) is 4.90 Å². The summed E-state index contributed by atoms with van der Waals surface area (Å²) in [6.45, 7) is 1.61. The second-order valence-electron chi connectivity index (χ2n) is 4.26. The van der Waals surface area contributed by atoms with E-state index in [9.17, 15) is 4.79 Å². The highest BCUT2D eigenvalue weighted by atomic mass is 32.2. The monoisotopic (exact) mass is 250 g/mol. The van der Waals surface area contributed by atoms with E-state index in [2.05, 4.69) is 5.32 Å². The van der Waals surface area contributed by atoms with Gasteiger partial charge in [-0.3, -0.25) is 4.79 Å².